The Hall–Kier alpha value is -2.61. The molecular formula is C22H19ClF4N2O2. The smallest absolute Gasteiger partial charge is 0.374 e. The first-order valence-corrected chi connectivity index (χ1v) is 10.1. The third-order valence-electron chi connectivity index (χ3n) is 5.75. The van der Waals surface area contributed by atoms with Gasteiger partial charge in [0.25, 0.3) is 5.60 Å². The van der Waals surface area contributed by atoms with E-state index in [1.807, 2.05) is 0 Å². The van der Waals surface area contributed by atoms with Crippen LogP contribution in [0.5, 0.6) is 0 Å². The number of benzene rings is 2. The van der Waals surface area contributed by atoms with E-state index in [4.69, 9.17) is 16.4 Å². The van der Waals surface area contributed by atoms with Gasteiger partial charge in [-0.1, -0.05) is 60.1 Å². The first-order chi connectivity index (χ1) is 14.6. The molecule has 1 atom stereocenters. The summed E-state index contributed by atoms with van der Waals surface area (Å²) < 4.78 is 57.0. The van der Waals surface area contributed by atoms with Crippen LogP contribution in [0.1, 0.15) is 36.5 Å². The third-order valence-corrected chi connectivity index (χ3v) is 5.99. The number of carbonyl (C=O) groups excluding carboxylic acids is 1. The number of rotatable bonds is 4. The Morgan fingerprint density at radius 1 is 1.16 bits per heavy atom. The number of hydrogen-bond donors (Lipinski definition) is 0. The van der Waals surface area contributed by atoms with Crippen molar-refractivity contribution in [3.63, 3.8) is 0 Å². The molecule has 4 nitrogen and oxygen atoms in total. The van der Waals surface area contributed by atoms with E-state index >= 15 is 4.39 Å². The number of likely N-dealkylation sites (tertiary alicyclic amines) is 1. The van der Waals surface area contributed by atoms with Crippen LogP contribution in [0.25, 0.3) is 0 Å². The molecule has 2 heterocycles. The van der Waals surface area contributed by atoms with E-state index in [0.717, 1.165) is 0 Å². The lowest BCUT2D eigenvalue weighted by molar-refractivity contribution is -0.275. The van der Waals surface area contributed by atoms with Crippen LogP contribution in [0.4, 0.5) is 17.6 Å². The Labute approximate surface area is 181 Å². The zero-order valence-corrected chi connectivity index (χ0v) is 17.3. The van der Waals surface area contributed by atoms with E-state index < -0.39 is 23.9 Å². The minimum atomic E-state index is -4.73. The van der Waals surface area contributed by atoms with Gasteiger partial charge >= 0.3 is 6.18 Å². The highest BCUT2D eigenvalue weighted by Crippen LogP contribution is 2.49. The van der Waals surface area contributed by atoms with E-state index in [2.05, 4.69) is 5.16 Å². The molecule has 9 heteroatoms. The predicted molar refractivity (Wildman–Crippen MR) is 108 cm³/mol. The molecule has 0 bridgehead atoms. The van der Waals surface area contributed by atoms with Gasteiger partial charge in [-0.25, -0.2) is 4.39 Å². The quantitative estimate of drug-likeness (QED) is 0.585. The van der Waals surface area contributed by atoms with Gasteiger partial charge in [-0.05, 0) is 23.3 Å². The summed E-state index contributed by atoms with van der Waals surface area (Å²) in [6, 6.07) is 11.5. The van der Waals surface area contributed by atoms with Crippen LogP contribution in [0, 0.1) is 0 Å². The van der Waals surface area contributed by atoms with Gasteiger partial charge in [0.05, 0.1) is 18.8 Å². The van der Waals surface area contributed by atoms with Gasteiger partial charge in [-0.2, -0.15) is 13.2 Å². The number of alkyl halides is 4. The van der Waals surface area contributed by atoms with Gasteiger partial charge in [0.2, 0.25) is 5.91 Å². The van der Waals surface area contributed by atoms with Crippen LogP contribution in [0.15, 0.2) is 53.7 Å². The summed E-state index contributed by atoms with van der Waals surface area (Å²) in [5.41, 5.74) is -3.56. The lowest BCUT2D eigenvalue weighted by atomic mass is 9.84. The second-order valence-electron chi connectivity index (χ2n) is 7.79. The molecule has 0 spiro atoms. The fourth-order valence-electron chi connectivity index (χ4n) is 3.90. The number of oxime groups is 1. The first kappa shape index (κ1) is 21.6. The average Bonchev–Trinajstić information content (AvgIpc) is 3.18. The summed E-state index contributed by atoms with van der Waals surface area (Å²) in [7, 11) is 0. The molecule has 1 amide bonds. The number of nitrogens with zero attached hydrogens (tertiary/aromatic N) is 2. The van der Waals surface area contributed by atoms with E-state index in [9.17, 15) is 18.0 Å². The Balaban J connectivity index is 1.54. The zero-order valence-electron chi connectivity index (χ0n) is 16.5. The van der Waals surface area contributed by atoms with Gasteiger partial charge in [-0.15, -0.1) is 0 Å². The maximum absolute atomic E-state index is 15.0. The molecule has 4 rings (SSSR count). The second-order valence-corrected chi connectivity index (χ2v) is 8.22. The van der Waals surface area contributed by atoms with Gasteiger partial charge in [0.15, 0.2) is 5.67 Å². The first-order valence-electron chi connectivity index (χ1n) is 9.73. The molecule has 1 saturated heterocycles. The van der Waals surface area contributed by atoms with Gasteiger partial charge in [-0.3, -0.25) is 4.79 Å². The Bertz CT molecular complexity index is 1030. The minimum absolute atomic E-state index is 0.0327. The molecule has 2 aliphatic heterocycles. The second kappa shape index (κ2) is 7.51. The molecule has 0 N–H and O–H groups in total. The largest absolute Gasteiger partial charge is 0.435 e. The molecule has 0 radical (unpaired) electrons. The molecule has 2 aromatic carbocycles. The molecule has 164 valence electrons. The Morgan fingerprint density at radius 2 is 1.84 bits per heavy atom. The molecular weight excluding hydrogens is 436 g/mol. The lowest BCUT2D eigenvalue weighted by Gasteiger charge is -2.44. The predicted octanol–water partition coefficient (Wildman–Crippen LogP) is 5.34. The number of carbonyl (C=O) groups is 1. The SMILES string of the molecule is CCC(=O)N1CC(F)(c2ccc(C3=NOC(c4cccc(Cl)c4)(C(F)(F)F)C3)cc2)C1. The number of hydrogen-bond acceptors (Lipinski definition) is 3. The number of amides is 1. The average molecular weight is 455 g/mol. The molecule has 1 unspecified atom stereocenters. The monoisotopic (exact) mass is 454 g/mol. The van der Waals surface area contributed by atoms with Crippen LogP contribution < -0.4 is 0 Å². The van der Waals surface area contributed by atoms with Crippen molar-refractivity contribution in [2.45, 2.75) is 37.2 Å². The van der Waals surface area contributed by atoms with Crippen molar-refractivity contribution in [1.82, 2.24) is 4.90 Å². The topological polar surface area (TPSA) is 41.9 Å². The van der Waals surface area contributed by atoms with Gasteiger partial charge < -0.3 is 9.74 Å². The molecule has 0 aromatic heterocycles. The summed E-state index contributed by atoms with van der Waals surface area (Å²) in [6.07, 6.45) is -4.95. The van der Waals surface area contributed by atoms with Crippen molar-refractivity contribution >= 4 is 23.2 Å². The van der Waals surface area contributed by atoms with Crippen molar-refractivity contribution in [3.05, 3.63) is 70.2 Å². The van der Waals surface area contributed by atoms with E-state index in [1.165, 1.54) is 53.4 Å². The molecule has 0 saturated carbocycles. The van der Waals surface area contributed by atoms with Crippen LogP contribution >= 0.6 is 11.6 Å². The van der Waals surface area contributed by atoms with Crippen LogP contribution in [0.2, 0.25) is 5.02 Å². The highest BCUT2D eigenvalue weighted by Gasteiger charge is 2.62. The Kier molecular flexibility index (Phi) is 5.24. The zero-order chi connectivity index (χ0) is 22.4. The highest BCUT2D eigenvalue weighted by atomic mass is 35.5. The van der Waals surface area contributed by atoms with Crippen molar-refractivity contribution in [1.29, 1.82) is 0 Å². The van der Waals surface area contributed by atoms with Crippen molar-refractivity contribution in [3.8, 4) is 0 Å². The van der Waals surface area contributed by atoms with E-state index in [-0.39, 0.29) is 35.3 Å². The van der Waals surface area contributed by atoms with Gasteiger partial charge in [0.1, 0.15) is 0 Å². The van der Waals surface area contributed by atoms with Crippen molar-refractivity contribution in [2.75, 3.05) is 13.1 Å². The molecule has 2 aliphatic rings. The molecule has 1 fully saturated rings. The van der Waals surface area contributed by atoms with Crippen LogP contribution in [-0.2, 0) is 20.9 Å². The van der Waals surface area contributed by atoms with E-state index in [0.29, 0.717) is 17.5 Å². The fourth-order valence-corrected chi connectivity index (χ4v) is 4.09. The van der Waals surface area contributed by atoms with Gasteiger partial charge in [0, 0.05) is 23.4 Å². The van der Waals surface area contributed by atoms with Crippen molar-refractivity contribution in [2.24, 2.45) is 5.16 Å². The van der Waals surface area contributed by atoms with Crippen molar-refractivity contribution < 1.29 is 27.2 Å². The van der Waals surface area contributed by atoms with E-state index in [1.54, 1.807) is 6.92 Å². The normalized spacial score (nSPS) is 22.5. The summed E-state index contributed by atoms with van der Waals surface area (Å²) in [6.45, 7) is 1.65. The summed E-state index contributed by atoms with van der Waals surface area (Å²) >= 11 is 5.89. The summed E-state index contributed by atoms with van der Waals surface area (Å²) in [5.74, 6) is -0.119. The third kappa shape index (κ3) is 3.67. The summed E-state index contributed by atoms with van der Waals surface area (Å²) in [5, 5.41) is 3.87. The maximum atomic E-state index is 15.0. The van der Waals surface area contributed by atoms with Crippen LogP contribution in [0.3, 0.4) is 0 Å². The lowest BCUT2D eigenvalue weighted by Crippen LogP contribution is -2.58. The fraction of sp³-hybridized carbons (Fsp3) is 0.364. The highest BCUT2D eigenvalue weighted by molar-refractivity contribution is 6.30. The summed E-state index contributed by atoms with van der Waals surface area (Å²) in [4.78, 5) is 18.1. The number of halogens is 5. The van der Waals surface area contributed by atoms with Crippen LogP contribution in [-0.4, -0.2) is 35.8 Å². The standard InChI is InChI=1S/C22H19ClF4N2O2/c1-2-19(30)29-12-20(24,13-29)15-8-6-14(7-9-15)18-11-21(31-28-18,22(25,26)27)16-4-3-5-17(23)10-16/h3-10H,2,11-13H2,1H3. The maximum Gasteiger partial charge on any atom is 0.435 e. The Morgan fingerprint density at radius 3 is 2.42 bits per heavy atom. The molecule has 2 aromatic rings. The molecule has 0 aliphatic carbocycles. The molecule has 31 heavy (non-hydrogen) atoms. The minimum Gasteiger partial charge on any atom is -0.374 e.